The first-order valence-electron chi connectivity index (χ1n) is 5.07. The fourth-order valence-electron chi connectivity index (χ4n) is 1.69. The van der Waals surface area contributed by atoms with E-state index in [4.69, 9.17) is 9.52 Å². The van der Waals surface area contributed by atoms with Crippen LogP contribution in [0.25, 0.3) is 11.0 Å². The lowest BCUT2D eigenvalue weighted by Crippen LogP contribution is -2.31. The van der Waals surface area contributed by atoms with Crippen LogP contribution in [0, 0.1) is 0 Å². The molecule has 2 rings (SSSR count). The zero-order chi connectivity index (χ0) is 10.7. The van der Waals surface area contributed by atoms with Gasteiger partial charge in [-0.1, -0.05) is 6.07 Å². The van der Waals surface area contributed by atoms with Gasteiger partial charge in [-0.05, 0) is 37.2 Å². The number of nitrogens with one attached hydrogen (secondary N) is 1. The lowest BCUT2D eigenvalue weighted by Gasteiger charge is -2.12. The highest BCUT2D eigenvalue weighted by atomic mass is 16.3. The van der Waals surface area contributed by atoms with Crippen molar-refractivity contribution in [3.8, 4) is 0 Å². The Balaban J connectivity index is 2.20. The molecule has 0 amide bonds. The van der Waals surface area contributed by atoms with E-state index >= 15 is 0 Å². The molecule has 3 heteroatoms. The van der Waals surface area contributed by atoms with Gasteiger partial charge in [0.2, 0.25) is 0 Å². The van der Waals surface area contributed by atoms with E-state index < -0.39 is 0 Å². The molecule has 1 heterocycles. The van der Waals surface area contributed by atoms with Crippen LogP contribution in [0.5, 0.6) is 0 Å². The summed E-state index contributed by atoms with van der Waals surface area (Å²) in [6, 6.07) is 8.17. The number of hydrogen-bond donors (Lipinski definition) is 2. The lowest BCUT2D eigenvalue weighted by molar-refractivity contribution is 0.248. The van der Waals surface area contributed by atoms with Crippen LogP contribution in [0.3, 0.4) is 0 Å². The van der Waals surface area contributed by atoms with Crippen LogP contribution in [0.15, 0.2) is 34.9 Å². The molecule has 3 nitrogen and oxygen atoms in total. The van der Waals surface area contributed by atoms with Gasteiger partial charge in [0.1, 0.15) is 5.58 Å². The van der Waals surface area contributed by atoms with E-state index in [0.717, 1.165) is 17.4 Å². The minimum Gasteiger partial charge on any atom is -0.464 e. The van der Waals surface area contributed by atoms with E-state index in [2.05, 4.69) is 11.4 Å². The first-order valence-corrected chi connectivity index (χ1v) is 5.07. The van der Waals surface area contributed by atoms with Gasteiger partial charge in [0.05, 0.1) is 12.9 Å². The third-order valence-corrected chi connectivity index (χ3v) is 2.63. The molecule has 0 fully saturated rings. The van der Waals surface area contributed by atoms with Crippen molar-refractivity contribution in [3.63, 3.8) is 0 Å². The van der Waals surface area contributed by atoms with Gasteiger partial charge < -0.3 is 14.8 Å². The van der Waals surface area contributed by atoms with E-state index in [0.29, 0.717) is 0 Å². The van der Waals surface area contributed by atoms with Crippen LogP contribution in [0.1, 0.15) is 5.56 Å². The maximum atomic E-state index is 9.08. The molecule has 1 unspecified atom stereocenters. The van der Waals surface area contributed by atoms with Crippen molar-refractivity contribution in [1.29, 1.82) is 0 Å². The lowest BCUT2D eigenvalue weighted by atomic mass is 10.1. The Bertz CT molecular complexity index is 432. The average molecular weight is 205 g/mol. The number of furan rings is 1. The highest BCUT2D eigenvalue weighted by molar-refractivity contribution is 5.77. The summed E-state index contributed by atoms with van der Waals surface area (Å²) >= 11 is 0. The van der Waals surface area contributed by atoms with Crippen molar-refractivity contribution in [2.45, 2.75) is 12.5 Å². The minimum absolute atomic E-state index is 0.120. The first-order chi connectivity index (χ1) is 7.33. The van der Waals surface area contributed by atoms with Crippen LogP contribution < -0.4 is 5.32 Å². The van der Waals surface area contributed by atoms with Crippen LogP contribution >= 0.6 is 0 Å². The normalized spacial score (nSPS) is 13.2. The van der Waals surface area contributed by atoms with Gasteiger partial charge in [0, 0.05) is 11.4 Å². The summed E-state index contributed by atoms with van der Waals surface area (Å²) in [6.07, 6.45) is 2.52. The van der Waals surface area contributed by atoms with Gasteiger partial charge in [-0.15, -0.1) is 0 Å². The highest BCUT2D eigenvalue weighted by Crippen LogP contribution is 2.17. The molecule has 0 saturated carbocycles. The van der Waals surface area contributed by atoms with Crippen molar-refractivity contribution in [2.75, 3.05) is 13.7 Å². The summed E-state index contributed by atoms with van der Waals surface area (Å²) < 4.78 is 5.27. The zero-order valence-corrected chi connectivity index (χ0v) is 8.73. The Morgan fingerprint density at radius 3 is 3.00 bits per heavy atom. The third kappa shape index (κ3) is 2.19. The molecular formula is C12H15NO2. The number of fused-ring (bicyclic) bond motifs is 1. The SMILES string of the molecule is CNC(CO)Cc1ccc2occc2c1. The Morgan fingerprint density at radius 1 is 1.40 bits per heavy atom. The fourth-order valence-corrected chi connectivity index (χ4v) is 1.69. The maximum absolute atomic E-state index is 9.08. The Morgan fingerprint density at radius 2 is 2.27 bits per heavy atom. The summed E-state index contributed by atoms with van der Waals surface area (Å²) in [4.78, 5) is 0. The standard InChI is InChI=1S/C12H15NO2/c1-13-11(8-14)7-9-2-3-12-10(6-9)4-5-15-12/h2-6,11,13-14H,7-8H2,1H3. The molecule has 1 aromatic heterocycles. The van der Waals surface area contributed by atoms with Gasteiger partial charge >= 0.3 is 0 Å². The number of rotatable bonds is 4. The number of benzene rings is 1. The van der Waals surface area contributed by atoms with Gasteiger partial charge in [-0.3, -0.25) is 0 Å². The predicted molar refractivity (Wildman–Crippen MR) is 59.9 cm³/mol. The van der Waals surface area contributed by atoms with E-state index in [1.54, 1.807) is 6.26 Å². The van der Waals surface area contributed by atoms with Crippen molar-refractivity contribution in [1.82, 2.24) is 5.32 Å². The molecule has 0 aliphatic heterocycles. The average Bonchev–Trinajstić information content (AvgIpc) is 2.73. The first kappa shape index (κ1) is 10.2. The molecule has 0 aliphatic rings. The van der Waals surface area contributed by atoms with Crippen LogP contribution in [0.2, 0.25) is 0 Å². The molecule has 1 atom stereocenters. The quantitative estimate of drug-likeness (QED) is 0.796. The second-order valence-electron chi connectivity index (χ2n) is 3.67. The van der Waals surface area contributed by atoms with E-state index in [1.807, 2.05) is 25.2 Å². The number of hydrogen-bond acceptors (Lipinski definition) is 3. The summed E-state index contributed by atoms with van der Waals surface area (Å²) in [5, 5.41) is 13.3. The van der Waals surface area contributed by atoms with Crippen LogP contribution in [-0.4, -0.2) is 24.8 Å². The van der Waals surface area contributed by atoms with Gasteiger partial charge in [-0.25, -0.2) is 0 Å². The fraction of sp³-hybridized carbons (Fsp3) is 0.333. The molecule has 0 spiro atoms. The molecular weight excluding hydrogens is 190 g/mol. The molecule has 2 aromatic rings. The van der Waals surface area contributed by atoms with Crippen molar-refractivity contribution in [3.05, 3.63) is 36.1 Å². The predicted octanol–water partition coefficient (Wildman–Crippen LogP) is 1.56. The third-order valence-electron chi connectivity index (χ3n) is 2.63. The minimum atomic E-state index is 0.120. The van der Waals surface area contributed by atoms with Gasteiger partial charge in [0.25, 0.3) is 0 Å². The van der Waals surface area contributed by atoms with Crippen LogP contribution in [-0.2, 0) is 6.42 Å². The topological polar surface area (TPSA) is 45.4 Å². The smallest absolute Gasteiger partial charge is 0.133 e. The van der Waals surface area contributed by atoms with Gasteiger partial charge in [-0.2, -0.15) is 0 Å². The highest BCUT2D eigenvalue weighted by Gasteiger charge is 2.06. The van der Waals surface area contributed by atoms with E-state index in [-0.39, 0.29) is 12.6 Å². The Hall–Kier alpha value is -1.32. The van der Waals surface area contributed by atoms with Crippen molar-refractivity contribution >= 4 is 11.0 Å². The number of aliphatic hydroxyl groups excluding tert-OH is 1. The summed E-state index contributed by atoms with van der Waals surface area (Å²) in [7, 11) is 1.86. The Labute approximate surface area is 88.7 Å². The molecule has 80 valence electrons. The second-order valence-corrected chi connectivity index (χ2v) is 3.67. The molecule has 1 aromatic carbocycles. The molecule has 0 aliphatic carbocycles. The number of likely N-dealkylation sites (N-methyl/N-ethyl adjacent to an activating group) is 1. The summed E-state index contributed by atoms with van der Waals surface area (Å²) in [5.41, 5.74) is 2.11. The van der Waals surface area contributed by atoms with Crippen molar-refractivity contribution in [2.24, 2.45) is 0 Å². The monoisotopic (exact) mass is 205 g/mol. The zero-order valence-electron chi connectivity index (χ0n) is 8.73. The van der Waals surface area contributed by atoms with Crippen LogP contribution in [0.4, 0.5) is 0 Å². The maximum Gasteiger partial charge on any atom is 0.133 e. The summed E-state index contributed by atoms with van der Waals surface area (Å²) in [5.74, 6) is 0. The van der Waals surface area contributed by atoms with Gasteiger partial charge in [0.15, 0.2) is 0 Å². The number of aliphatic hydroxyl groups is 1. The molecule has 0 saturated heterocycles. The van der Waals surface area contributed by atoms with Crippen molar-refractivity contribution < 1.29 is 9.52 Å². The second kappa shape index (κ2) is 4.47. The largest absolute Gasteiger partial charge is 0.464 e. The summed E-state index contributed by atoms with van der Waals surface area (Å²) in [6.45, 7) is 0.153. The molecule has 0 radical (unpaired) electrons. The molecule has 0 bridgehead atoms. The van der Waals surface area contributed by atoms with E-state index in [9.17, 15) is 0 Å². The Kier molecular flexibility index (Phi) is 3.04. The molecule has 15 heavy (non-hydrogen) atoms. The van der Waals surface area contributed by atoms with E-state index in [1.165, 1.54) is 5.56 Å². The molecule has 2 N–H and O–H groups in total.